The van der Waals surface area contributed by atoms with Crippen LogP contribution in [0.1, 0.15) is 43.2 Å². The number of aryl methyl sites for hydroxylation is 1. The van der Waals surface area contributed by atoms with Gasteiger partial charge in [0.15, 0.2) is 0 Å². The van der Waals surface area contributed by atoms with Crippen molar-refractivity contribution in [3.05, 3.63) is 28.5 Å². The van der Waals surface area contributed by atoms with Gasteiger partial charge in [-0.05, 0) is 33.3 Å². The van der Waals surface area contributed by atoms with Gasteiger partial charge in [0.1, 0.15) is 0 Å². The highest BCUT2D eigenvalue weighted by molar-refractivity contribution is 6.33. The molecule has 0 saturated heterocycles. The molecule has 1 rings (SSSR count). The monoisotopic (exact) mass is 254 g/mol. The molecular weight excluding hydrogens is 236 g/mol. The van der Waals surface area contributed by atoms with E-state index in [9.17, 15) is 4.79 Å². The summed E-state index contributed by atoms with van der Waals surface area (Å²) >= 11 is 6.07. The van der Waals surface area contributed by atoms with Crippen molar-refractivity contribution in [2.24, 2.45) is 0 Å². The predicted octanol–water partition coefficient (Wildman–Crippen LogP) is 3.30. The van der Waals surface area contributed by atoms with Crippen molar-refractivity contribution in [1.82, 2.24) is 9.88 Å². The fourth-order valence-electron chi connectivity index (χ4n) is 1.38. The molecule has 94 valence electrons. The van der Waals surface area contributed by atoms with Crippen LogP contribution in [0.4, 0.5) is 0 Å². The third-order valence-corrected chi connectivity index (χ3v) is 3.61. The van der Waals surface area contributed by atoms with E-state index in [0.717, 1.165) is 12.1 Å². The van der Waals surface area contributed by atoms with Crippen LogP contribution in [0.3, 0.4) is 0 Å². The first-order chi connectivity index (χ1) is 7.79. The maximum absolute atomic E-state index is 12.3. The predicted molar refractivity (Wildman–Crippen MR) is 70.4 cm³/mol. The van der Waals surface area contributed by atoms with Crippen LogP contribution in [0.2, 0.25) is 5.02 Å². The molecule has 0 radical (unpaired) electrons. The summed E-state index contributed by atoms with van der Waals surface area (Å²) in [5.41, 5.74) is 1.08. The fourth-order valence-corrected chi connectivity index (χ4v) is 1.66. The Morgan fingerprint density at radius 2 is 2.12 bits per heavy atom. The number of rotatable bonds is 3. The molecule has 0 bridgehead atoms. The Morgan fingerprint density at radius 3 is 2.59 bits per heavy atom. The van der Waals surface area contributed by atoms with E-state index < -0.39 is 0 Å². The number of hydrogen-bond donors (Lipinski definition) is 0. The molecule has 0 saturated carbocycles. The average Bonchev–Trinajstić information content (AvgIpc) is 2.27. The van der Waals surface area contributed by atoms with Gasteiger partial charge in [-0.2, -0.15) is 0 Å². The minimum atomic E-state index is -0.189. The summed E-state index contributed by atoms with van der Waals surface area (Å²) in [6.45, 7) is 7.96. The molecule has 0 aliphatic heterocycles. The molecule has 0 fully saturated rings. The lowest BCUT2D eigenvalue weighted by Gasteiger charge is -2.35. The number of nitrogens with zero attached hydrogens (tertiary/aromatic N) is 2. The van der Waals surface area contributed by atoms with Gasteiger partial charge in [0.25, 0.3) is 5.91 Å². The number of carbonyl (C=O) groups excluding carboxylic acids is 1. The molecule has 0 N–H and O–H groups in total. The van der Waals surface area contributed by atoms with Crippen LogP contribution in [-0.2, 0) is 0 Å². The Bertz CT molecular complexity index is 429. The smallest absolute Gasteiger partial charge is 0.257 e. The number of halogens is 1. The molecule has 0 aromatic carbocycles. The van der Waals surface area contributed by atoms with Gasteiger partial charge in [-0.1, -0.05) is 18.5 Å². The number of carbonyl (C=O) groups is 1. The average molecular weight is 255 g/mol. The second-order valence-corrected chi connectivity index (χ2v) is 5.24. The highest BCUT2D eigenvalue weighted by Gasteiger charge is 2.27. The molecule has 3 nitrogen and oxygen atoms in total. The Kier molecular flexibility index (Phi) is 4.15. The van der Waals surface area contributed by atoms with E-state index in [0.29, 0.717) is 10.6 Å². The van der Waals surface area contributed by atoms with E-state index in [-0.39, 0.29) is 11.4 Å². The lowest BCUT2D eigenvalue weighted by molar-refractivity contribution is 0.0620. The van der Waals surface area contributed by atoms with E-state index in [1.54, 1.807) is 24.2 Å². The first-order valence-corrected chi connectivity index (χ1v) is 6.07. The van der Waals surface area contributed by atoms with Gasteiger partial charge in [-0.25, -0.2) is 0 Å². The zero-order chi connectivity index (χ0) is 13.2. The SMILES string of the molecule is CCC(C)(C)N(C)C(=O)c1cnc(C)cc1Cl. The zero-order valence-corrected chi connectivity index (χ0v) is 11.8. The number of aromatic nitrogens is 1. The van der Waals surface area contributed by atoms with Crippen molar-refractivity contribution in [1.29, 1.82) is 0 Å². The third-order valence-electron chi connectivity index (χ3n) is 3.30. The molecule has 0 aliphatic carbocycles. The van der Waals surface area contributed by atoms with Crippen molar-refractivity contribution < 1.29 is 4.79 Å². The fraction of sp³-hybridized carbons (Fsp3) is 0.538. The van der Waals surface area contributed by atoms with Crippen molar-refractivity contribution in [3.63, 3.8) is 0 Å². The van der Waals surface area contributed by atoms with Crippen LogP contribution < -0.4 is 0 Å². The van der Waals surface area contributed by atoms with Gasteiger partial charge in [-0.3, -0.25) is 9.78 Å². The van der Waals surface area contributed by atoms with Crippen LogP contribution >= 0.6 is 11.6 Å². The van der Waals surface area contributed by atoms with Gasteiger partial charge >= 0.3 is 0 Å². The molecule has 0 spiro atoms. The van der Waals surface area contributed by atoms with Gasteiger partial charge < -0.3 is 4.90 Å². The Hall–Kier alpha value is -1.09. The quantitative estimate of drug-likeness (QED) is 0.829. The van der Waals surface area contributed by atoms with E-state index in [1.165, 1.54) is 0 Å². The Labute approximate surface area is 108 Å². The van der Waals surface area contributed by atoms with Gasteiger partial charge in [-0.15, -0.1) is 0 Å². The molecule has 1 heterocycles. The van der Waals surface area contributed by atoms with Gasteiger partial charge in [0, 0.05) is 24.5 Å². The number of amides is 1. The summed E-state index contributed by atoms with van der Waals surface area (Å²) in [5, 5.41) is 0.459. The molecule has 0 atom stereocenters. The van der Waals surface area contributed by atoms with Crippen LogP contribution in [-0.4, -0.2) is 28.4 Å². The Balaban J connectivity index is 3.05. The molecule has 4 heteroatoms. The van der Waals surface area contributed by atoms with E-state index in [4.69, 9.17) is 11.6 Å². The second kappa shape index (κ2) is 5.05. The lowest BCUT2D eigenvalue weighted by atomic mass is 9.99. The number of pyridine rings is 1. The highest BCUT2D eigenvalue weighted by atomic mass is 35.5. The standard InChI is InChI=1S/C13H19ClN2O/c1-6-13(3,4)16(5)12(17)10-8-15-9(2)7-11(10)14/h7-8H,6H2,1-5H3. The summed E-state index contributed by atoms with van der Waals surface area (Å²) in [4.78, 5) is 18.1. The third kappa shape index (κ3) is 2.97. The second-order valence-electron chi connectivity index (χ2n) is 4.84. The normalized spacial score (nSPS) is 11.4. The largest absolute Gasteiger partial charge is 0.337 e. The van der Waals surface area contributed by atoms with Crippen LogP contribution in [0, 0.1) is 6.92 Å². The Morgan fingerprint density at radius 1 is 1.53 bits per heavy atom. The highest BCUT2D eigenvalue weighted by Crippen LogP contribution is 2.23. The number of hydrogen-bond acceptors (Lipinski definition) is 2. The molecule has 1 aromatic rings. The van der Waals surface area contributed by atoms with Crippen molar-refractivity contribution in [3.8, 4) is 0 Å². The molecule has 0 unspecified atom stereocenters. The first kappa shape index (κ1) is 14.0. The van der Waals surface area contributed by atoms with E-state index >= 15 is 0 Å². The van der Waals surface area contributed by atoms with Crippen molar-refractivity contribution in [2.45, 2.75) is 39.7 Å². The summed E-state index contributed by atoms with van der Waals surface area (Å²) in [7, 11) is 1.79. The minimum Gasteiger partial charge on any atom is -0.337 e. The summed E-state index contributed by atoms with van der Waals surface area (Å²) in [6.07, 6.45) is 2.42. The molecule has 1 aromatic heterocycles. The molecular formula is C13H19ClN2O. The van der Waals surface area contributed by atoms with Crippen molar-refractivity contribution >= 4 is 17.5 Å². The zero-order valence-electron chi connectivity index (χ0n) is 11.0. The molecule has 17 heavy (non-hydrogen) atoms. The van der Waals surface area contributed by atoms with E-state index in [1.807, 2.05) is 20.8 Å². The summed E-state index contributed by atoms with van der Waals surface area (Å²) in [5.74, 6) is -0.0886. The first-order valence-electron chi connectivity index (χ1n) is 5.70. The van der Waals surface area contributed by atoms with Crippen LogP contribution in [0.15, 0.2) is 12.3 Å². The van der Waals surface area contributed by atoms with Crippen LogP contribution in [0.5, 0.6) is 0 Å². The topological polar surface area (TPSA) is 33.2 Å². The molecule has 1 amide bonds. The maximum Gasteiger partial charge on any atom is 0.257 e. The van der Waals surface area contributed by atoms with E-state index in [2.05, 4.69) is 11.9 Å². The van der Waals surface area contributed by atoms with Crippen LogP contribution in [0.25, 0.3) is 0 Å². The van der Waals surface area contributed by atoms with Gasteiger partial charge in [0.05, 0.1) is 10.6 Å². The maximum atomic E-state index is 12.3. The van der Waals surface area contributed by atoms with Crippen molar-refractivity contribution in [2.75, 3.05) is 7.05 Å². The van der Waals surface area contributed by atoms with Gasteiger partial charge in [0.2, 0.25) is 0 Å². The lowest BCUT2D eigenvalue weighted by Crippen LogP contribution is -2.44. The molecule has 0 aliphatic rings. The summed E-state index contributed by atoms with van der Waals surface area (Å²) in [6, 6.07) is 1.71. The minimum absolute atomic E-state index is 0.0886. The summed E-state index contributed by atoms with van der Waals surface area (Å²) < 4.78 is 0.